The molecule has 0 saturated heterocycles. The third-order valence-electron chi connectivity index (χ3n) is 5.06. The number of nitro benzene ring substituents is 1. The minimum Gasteiger partial charge on any atom is -0.456 e. The van der Waals surface area contributed by atoms with Gasteiger partial charge in [0, 0.05) is 30.2 Å². The molecule has 7 nitrogen and oxygen atoms in total. The predicted molar refractivity (Wildman–Crippen MR) is 97.4 cm³/mol. The lowest BCUT2D eigenvalue weighted by molar-refractivity contribution is -0.384. The molecular weight excluding hydrogens is 405 g/mol. The molecule has 2 aromatic carbocycles. The van der Waals surface area contributed by atoms with Crippen LogP contribution in [0.25, 0.3) is 0 Å². The van der Waals surface area contributed by atoms with E-state index in [0.717, 1.165) is 17.0 Å². The smallest absolute Gasteiger partial charge is 0.416 e. The lowest BCUT2D eigenvalue weighted by atomic mass is 9.84. The van der Waals surface area contributed by atoms with Crippen LogP contribution in [0, 0.1) is 10.1 Å². The second kappa shape index (κ2) is 6.97. The van der Waals surface area contributed by atoms with Gasteiger partial charge in [-0.05, 0) is 23.8 Å². The Bertz CT molecular complexity index is 1090. The molecule has 154 valence electrons. The van der Waals surface area contributed by atoms with Crippen molar-refractivity contribution in [3.8, 4) is 0 Å². The molecule has 2 aliphatic heterocycles. The van der Waals surface area contributed by atoms with E-state index in [-0.39, 0.29) is 35.7 Å². The maximum atomic E-state index is 13.1. The zero-order chi connectivity index (χ0) is 21.6. The van der Waals surface area contributed by atoms with Crippen LogP contribution in [-0.2, 0) is 20.5 Å². The summed E-state index contributed by atoms with van der Waals surface area (Å²) in [5.74, 6) is -1.88. The molecule has 1 amide bonds. The molecule has 0 radical (unpaired) electrons. The third kappa shape index (κ3) is 3.30. The minimum absolute atomic E-state index is 0.0113. The molecule has 4 rings (SSSR count). The number of non-ortho nitro benzene ring substituents is 1. The molecule has 2 aromatic rings. The molecule has 0 bridgehead atoms. The summed E-state index contributed by atoms with van der Waals surface area (Å²) in [6.45, 7) is -0.250. The van der Waals surface area contributed by atoms with Gasteiger partial charge >= 0.3 is 12.1 Å². The number of ether oxygens (including phenoxy) is 1. The van der Waals surface area contributed by atoms with Gasteiger partial charge in [-0.2, -0.15) is 13.2 Å². The summed E-state index contributed by atoms with van der Waals surface area (Å²) in [5, 5.41) is 10.9. The number of rotatable bonds is 3. The molecule has 30 heavy (non-hydrogen) atoms. The first-order valence-electron chi connectivity index (χ1n) is 8.81. The Kier molecular flexibility index (Phi) is 4.56. The predicted octanol–water partition coefficient (Wildman–Crippen LogP) is 3.95. The lowest BCUT2D eigenvalue weighted by Crippen LogP contribution is -2.37. The van der Waals surface area contributed by atoms with Gasteiger partial charge in [0.15, 0.2) is 0 Å². The first-order chi connectivity index (χ1) is 14.2. The number of cyclic esters (lactones) is 1. The molecule has 0 aromatic heterocycles. The SMILES string of the molecule is O=C1OCC2=C1C(c1ccc([N+](=O)[O-])cc1)CC(=O)N2c1cccc(C(F)(F)F)c1. The summed E-state index contributed by atoms with van der Waals surface area (Å²) in [6, 6.07) is 9.71. The van der Waals surface area contributed by atoms with Gasteiger partial charge in [-0.3, -0.25) is 19.8 Å². The molecule has 1 unspecified atom stereocenters. The first-order valence-corrected chi connectivity index (χ1v) is 8.81. The van der Waals surface area contributed by atoms with Gasteiger partial charge in [-0.15, -0.1) is 0 Å². The number of alkyl halides is 3. The summed E-state index contributed by atoms with van der Waals surface area (Å²) in [6.07, 6.45) is -4.78. The molecule has 10 heteroatoms. The van der Waals surface area contributed by atoms with E-state index in [2.05, 4.69) is 0 Å². The highest BCUT2D eigenvalue weighted by atomic mass is 19.4. The van der Waals surface area contributed by atoms with Crippen LogP contribution in [0.5, 0.6) is 0 Å². The average Bonchev–Trinajstić information content (AvgIpc) is 3.08. The van der Waals surface area contributed by atoms with E-state index >= 15 is 0 Å². The number of anilines is 1. The van der Waals surface area contributed by atoms with E-state index in [1.54, 1.807) is 0 Å². The lowest BCUT2D eigenvalue weighted by Gasteiger charge is -2.32. The molecule has 0 fully saturated rings. The van der Waals surface area contributed by atoms with Crippen LogP contribution < -0.4 is 4.90 Å². The Morgan fingerprint density at radius 1 is 1.10 bits per heavy atom. The van der Waals surface area contributed by atoms with E-state index in [0.29, 0.717) is 5.56 Å². The largest absolute Gasteiger partial charge is 0.456 e. The highest BCUT2D eigenvalue weighted by Gasteiger charge is 2.43. The van der Waals surface area contributed by atoms with Crippen LogP contribution >= 0.6 is 0 Å². The molecule has 0 N–H and O–H groups in total. The number of esters is 1. The van der Waals surface area contributed by atoms with Crippen LogP contribution in [0.15, 0.2) is 59.8 Å². The summed E-state index contributed by atoms with van der Waals surface area (Å²) in [5.41, 5.74) is -0.223. The summed E-state index contributed by atoms with van der Waals surface area (Å²) in [4.78, 5) is 36.6. The van der Waals surface area contributed by atoms with Crippen molar-refractivity contribution in [2.24, 2.45) is 0 Å². The third-order valence-corrected chi connectivity index (χ3v) is 5.06. The van der Waals surface area contributed by atoms with Gasteiger partial charge < -0.3 is 4.74 Å². The maximum absolute atomic E-state index is 13.1. The van der Waals surface area contributed by atoms with Gasteiger partial charge in [-0.1, -0.05) is 18.2 Å². The number of nitrogens with zero attached hydrogens (tertiary/aromatic N) is 2. The number of carbonyl (C=O) groups excluding carboxylic acids is 2. The molecule has 0 aliphatic carbocycles. The summed E-state index contributed by atoms with van der Waals surface area (Å²) in [7, 11) is 0. The molecular formula is C20H13F3N2O5. The second-order valence-electron chi connectivity index (χ2n) is 6.82. The standard InChI is InChI=1S/C20H13F3N2O5/c21-20(22,23)12-2-1-3-14(8-12)24-16-10-30-19(27)18(16)15(9-17(24)26)11-4-6-13(7-5-11)25(28)29/h1-8,15H,9-10H2. The number of amides is 1. The Balaban J connectivity index is 1.78. The summed E-state index contributed by atoms with van der Waals surface area (Å²) >= 11 is 0. The number of carbonyl (C=O) groups is 2. The quantitative estimate of drug-likeness (QED) is 0.428. The molecule has 2 heterocycles. The van der Waals surface area contributed by atoms with E-state index in [9.17, 15) is 32.9 Å². The Hall–Kier alpha value is -3.69. The van der Waals surface area contributed by atoms with Gasteiger partial charge in [0.1, 0.15) is 6.61 Å². The topological polar surface area (TPSA) is 89.7 Å². The monoisotopic (exact) mass is 418 g/mol. The van der Waals surface area contributed by atoms with Crippen molar-refractivity contribution in [3.63, 3.8) is 0 Å². The first kappa shape index (κ1) is 19.6. The summed E-state index contributed by atoms with van der Waals surface area (Å²) < 4.78 is 44.4. The van der Waals surface area contributed by atoms with Gasteiger partial charge in [0.05, 0.1) is 21.8 Å². The van der Waals surface area contributed by atoms with Crippen molar-refractivity contribution >= 4 is 23.3 Å². The number of hydrogen-bond donors (Lipinski definition) is 0. The van der Waals surface area contributed by atoms with Crippen molar-refractivity contribution in [2.45, 2.75) is 18.5 Å². The second-order valence-corrected chi connectivity index (χ2v) is 6.82. The van der Waals surface area contributed by atoms with Crippen LogP contribution in [-0.4, -0.2) is 23.4 Å². The fourth-order valence-electron chi connectivity index (χ4n) is 3.69. The van der Waals surface area contributed by atoms with Gasteiger partial charge in [-0.25, -0.2) is 4.79 Å². The van der Waals surface area contributed by atoms with E-state index < -0.39 is 34.5 Å². The Morgan fingerprint density at radius 2 is 1.80 bits per heavy atom. The van der Waals surface area contributed by atoms with Crippen LogP contribution in [0.1, 0.15) is 23.5 Å². The molecule has 1 atom stereocenters. The van der Waals surface area contributed by atoms with E-state index in [4.69, 9.17) is 4.74 Å². The van der Waals surface area contributed by atoms with Gasteiger partial charge in [0.25, 0.3) is 5.69 Å². The number of benzene rings is 2. The number of nitro groups is 1. The molecule has 2 aliphatic rings. The fourth-order valence-corrected chi connectivity index (χ4v) is 3.69. The minimum atomic E-state index is -4.59. The highest BCUT2D eigenvalue weighted by Crippen LogP contribution is 2.43. The molecule has 0 saturated carbocycles. The maximum Gasteiger partial charge on any atom is 0.416 e. The van der Waals surface area contributed by atoms with Crippen LogP contribution in [0.2, 0.25) is 0 Å². The van der Waals surface area contributed by atoms with E-state index in [1.807, 2.05) is 0 Å². The van der Waals surface area contributed by atoms with Crippen molar-refractivity contribution in [1.82, 2.24) is 0 Å². The number of halogens is 3. The average molecular weight is 418 g/mol. The van der Waals surface area contributed by atoms with Crippen molar-refractivity contribution in [2.75, 3.05) is 11.5 Å². The fraction of sp³-hybridized carbons (Fsp3) is 0.200. The van der Waals surface area contributed by atoms with Crippen molar-refractivity contribution in [3.05, 3.63) is 81.0 Å². The Labute approximate surface area is 167 Å². The van der Waals surface area contributed by atoms with Crippen LogP contribution in [0.3, 0.4) is 0 Å². The van der Waals surface area contributed by atoms with E-state index in [1.165, 1.54) is 36.4 Å². The van der Waals surface area contributed by atoms with Crippen LogP contribution in [0.4, 0.5) is 24.5 Å². The normalized spacial score (nSPS) is 19.0. The molecule has 0 spiro atoms. The Morgan fingerprint density at radius 3 is 2.43 bits per heavy atom. The van der Waals surface area contributed by atoms with Crippen molar-refractivity contribution in [1.29, 1.82) is 0 Å². The van der Waals surface area contributed by atoms with Gasteiger partial charge in [0.2, 0.25) is 5.91 Å². The van der Waals surface area contributed by atoms with Crippen molar-refractivity contribution < 1.29 is 32.4 Å². The highest BCUT2D eigenvalue weighted by molar-refractivity contribution is 6.06. The number of hydrogen-bond acceptors (Lipinski definition) is 5. The zero-order valence-corrected chi connectivity index (χ0v) is 15.2. The zero-order valence-electron chi connectivity index (χ0n) is 15.2.